The average molecular weight is 240 g/mol. The van der Waals surface area contributed by atoms with E-state index in [4.69, 9.17) is 4.42 Å². The number of rotatable bonds is 3. The van der Waals surface area contributed by atoms with Crippen molar-refractivity contribution in [1.29, 1.82) is 0 Å². The first-order valence-electron chi connectivity index (χ1n) is 5.68. The number of aryl methyl sites for hydroxylation is 1. The molecule has 1 aromatic carbocycles. The molecule has 18 heavy (non-hydrogen) atoms. The number of fused-ring (bicyclic) bond motifs is 1. The van der Waals surface area contributed by atoms with Crippen LogP contribution in [0.5, 0.6) is 0 Å². The highest BCUT2D eigenvalue weighted by Crippen LogP contribution is 2.18. The topological polar surface area (TPSA) is 63.8 Å². The molecule has 5 nitrogen and oxygen atoms in total. The zero-order chi connectivity index (χ0) is 12.4. The summed E-state index contributed by atoms with van der Waals surface area (Å²) in [6.07, 6.45) is 3.25. The van der Waals surface area contributed by atoms with Crippen molar-refractivity contribution < 1.29 is 4.42 Å². The summed E-state index contributed by atoms with van der Waals surface area (Å²) in [4.78, 5) is 12.6. The number of nitrogens with one attached hydrogen (secondary N) is 1. The molecule has 0 atom stereocenters. The van der Waals surface area contributed by atoms with Crippen molar-refractivity contribution >= 4 is 16.7 Å². The van der Waals surface area contributed by atoms with E-state index in [1.54, 1.807) is 12.5 Å². The van der Waals surface area contributed by atoms with Gasteiger partial charge in [0.25, 0.3) is 0 Å². The SMILES string of the molecule is Cc1cnc(CNc2ncnc3ccccc23)o1. The minimum absolute atomic E-state index is 0.509. The molecule has 0 saturated carbocycles. The maximum absolute atomic E-state index is 5.40. The molecule has 0 amide bonds. The van der Waals surface area contributed by atoms with Crippen LogP contribution in [0.25, 0.3) is 10.9 Å². The van der Waals surface area contributed by atoms with Crippen LogP contribution in [-0.4, -0.2) is 15.0 Å². The third-order valence-corrected chi connectivity index (χ3v) is 2.62. The third-order valence-electron chi connectivity index (χ3n) is 2.62. The van der Waals surface area contributed by atoms with E-state index in [1.165, 1.54) is 0 Å². The number of oxazole rings is 1. The van der Waals surface area contributed by atoms with Gasteiger partial charge in [0.05, 0.1) is 18.3 Å². The Kier molecular flexibility index (Phi) is 2.64. The maximum atomic E-state index is 5.40. The van der Waals surface area contributed by atoms with E-state index < -0.39 is 0 Å². The van der Waals surface area contributed by atoms with Gasteiger partial charge in [-0.15, -0.1) is 0 Å². The Bertz CT molecular complexity index is 672. The van der Waals surface area contributed by atoms with Crippen LogP contribution in [0.2, 0.25) is 0 Å². The van der Waals surface area contributed by atoms with Gasteiger partial charge in [-0.25, -0.2) is 15.0 Å². The van der Waals surface area contributed by atoms with Crippen molar-refractivity contribution in [2.24, 2.45) is 0 Å². The van der Waals surface area contributed by atoms with Crippen LogP contribution in [0.4, 0.5) is 5.82 Å². The van der Waals surface area contributed by atoms with E-state index in [0.717, 1.165) is 22.5 Å². The highest BCUT2D eigenvalue weighted by Gasteiger charge is 2.04. The van der Waals surface area contributed by atoms with Gasteiger partial charge >= 0.3 is 0 Å². The predicted molar refractivity (Wildman–Crippen MR) is 68.1 cm³/mol. The summed E-state index contributed by atoms with van der Waals surface area (Å²) < 4.78 is 5.40. The summed E-state index contributed by atoms with van der Waals surface area (Å²) in [5, 5.41) is 4.20. The van der Waals surface area contributed by atoms with Gasteiger partial charge in [0.15, 0.2) is 0 Å². The van der Waals surface area contributed by atoms with Crippen LogP contribution >= 0.6 is 0 Å². The fourth-order valence-electron chi connectivity index (χ4n) is 1.79. The van der Waals surface area contributed by atoms with Crippen LogP contribution in [0.15, 0.2) is 41.2 Å². The third kappa shape index (κ3) is 2.02. The standard InChI is InChI=1S/C13H12N4O/c1-9-6-14-12(18-9)7-15-13-10-4-2-3-5-11(10)16-8-17-13/h2-6,8H,7H2,1H3,(H,15,16,17). The van der Waals surface area contributed by atoms with E-state index in [9.17, 15) is 0 Å². The molecule has 0 spiro atoms. The number of hydrogen-bond donors (Lipinski definition) is 1. The predicted octanol–water partition coefficient (Wildman–Crippen LogP) is 2.54. The lowest BCUT2D eigenvalue weighted by molar-refractivity contribution is 0.479. The molecule has 1 N–H and O–H groups in total. The van der Waals surface area contributed by atoms with Gasteiger partial charge < -0.3 is 9.73 Å². The Hall–Kier alpha value is -2.43. The lowest BCUT2D eigenvalue weighted by atomic mass is 10.2. The second-order valence-corrected chi connectivity index (χ2v) is 3.96. The van der Waals surface area contributed by atoms with Crippen molar-refractivity contribution in [2.45, 2.75) is 13.5 Å². The van der Waals surface area contributed by atoms with Crippen LogP contribution < -0.4 is 5.32 Å². The molecule has 0 aliphatic rings. The Morgan fingerprint density at radius 2 is 2.06 bits per heavy atom. The summed E-state index contributed by atoms with van der Waals surface area (Å²) in [5.74, 6) is 2.24. The van der Waals surface area contributed by atoms with E-state index in [2.05, 4.69) is 20.3 Å². The Morgan fingerprint density at radius 3 is 2.89 bits per heavy atom. The molecule has 0 aliphatic carbocycles. The maximum Gasteiger partial charge on any atom is 0.213 e. The minimum Gasteiger partial charge on any atom is -0.444 e. The average Bonchev–Trinajstić information content (AvgIpc) is 2.82. The monoisotopic (exact) mass is 240 g/mol. The molecule has 0 aliphatic heterocycles. The first kappa shape index (κ1) is 10.7. The van der Waals surface area contributed by atoms with Crippen LogP contribution in [0, 0.1) is 6.92 Å². The quantitative estimate of drug-likeness (QED) is 0.762. The van der Waals surface area contributed by atoms with Crippen LogP contribution in [0.1, 0.15) is 11.7 Å². The Labute approximate surface area is 104 Å². The molecular weight excluding hydrogens is 228 g/mol. The number of benzene rings is 1. The van der Waals surface area contributed by atoms with Crippen molar-refractivity contribution in [3.63, 3.8) is 0 Å². The molecule has 3 aromatic rings. The second kappa shape index (κ2) is 4.44. The highest BCUT2D eigenvalue weighted by molar-refractivity contribution is 5.88. The lowest BCUT2D eigenvalue weighted by Crippen LogP contribution is -2.02. The van der Waals surface area contributed by atoms with Gasteiger partial charge in [-0.1, -0.05) is 12.1 Å². The molecule has 0 radical (unpaired) electrons. The van der Waals surface area contributed by atoms with Crippen LogP contribution in [-0.2, 0) is 6.54 Å². The molecule has 2 aromatic heterocycles. The first-order valence-corrected chi connectivity index (χ1v) is 5.68. The smallest absolute Gasteiger partial charge is 0.213 e. The van der Waals surface area contributed by atoms with E-state index in [1.807, 2.05) is 31.2 Å². The largest absolute Gasteiger partial charge is 0.444 e. The number of nitrogens with zero attached hydrogens (tertiary/aromatic N) is 3. The molecule has 0 unspecified atom stereocenters. The zero-order valence-electron chi connectivity index (χ0n) is 9.92. The second-order valence-electron chi connectivity index (χ2n) is 3.96. The van der Waals surface area contributed by atoms with Crippen LogP contribution in [0.3, 0.4) is 0 Å². The van der Waals surface area contributed by atoms with Crippen molar-refractivity contribution in [2.75, 3.05) is 5.32 Å². The van der Waals surface area contributed by atoms with Gasteiger partial charge in [-0.3, -0.25) is 0 Å². The molecule has 90 valence electrons. The molecule has 0 saturated heterocycles. The fourth-order valence-corrected chi connectivity index (χ4v) is 1.79. The minimum atomic E-state index is 0.509. The number of anilines is 1. The van der Waals surface area contributed by atoms with Gasteiger partial charge in [0.2, 0.25) is 5.89 Å². The first-order chi connectivity index (χ1) is 8.83. The van der Waals surface area contributed by atoms with E-state index >= 15 is 0 Å². The summed E-state index contributed by atoms with van der Waals surface area (Å²) in [6.45, 7) is 2.38. The van der Waals surface area contributed by atoms with Crippen molar-refractivity contribution in [3.05, 3.63) is 48.4 Å². The summed E-state index contributed by atoms with van der Waals surface area (Å²) in [5.41, 5.74) is 0.915. The van der Waals surface area contributed by atoms with Gasteiger partial charge in [-0.05, 0) is 19.1 Å². The zero-order valence-corrected chi connectivity index (χ0v) is 9.92. The lowest BCUT2D eigenvalue weighted by Gasteiger charge is -2.05. The molecule has 2 heterocycles. The summed E-state index contributed by atoms with van der Waals surface area (Å²) in [6, 6.07) is 7.86. The number of aromatic nitrogens is 3. The summed E-state index contributed by atoms with van der Waals surface area (Å²) in [7, 11) is 0. The highest BCUT2D eigenvalue weighted by atomic mass is 16.4. The van der Waals surface area contributed by atoms with Crippen molar-refractivity contribution in [3.8, 4) is 0 Å². The Balaban J connectivity index is 1.86. The molecule has 0 bridgehead atoms. The summed E-state index contributed by atoms with van der Waals surface area (Å²) >= 11 is 0. The van der Waals surface area contributed by atoms with E-state index in [0.29, 0.717) is 12.4 Å². The molecule has 5 heteroatoms. The fraction of sp³-hybridized carbons (Fsp3) is 0.154. The van der Waals surface area contributed by atoms with Gasteiger partial charge in [0, 0.05) is 5.39 Å². The normalized spacial score (nSPS) is 10.7. The van der Waals surface area contributed by atoms with E-state index in [-0.39, 0.29) is 0 Å². The van der Waals surface area contributed by atoms with Gasteiger partial charge in [0.1, 0.15) is 17.9 Å². The van der Waals surface area contributed by atoms with Crippen molar-refractivity contribution in [1.82, 2.24) is 15.0 Å². The molecule has 0 fully saturated rings. The Morgan fingerprint density at radius 1 is 1.17 bits per heavy atom. The van der Waals surface area contributed by atoms with Gasteiger partial charge in [-0.2, -0.15) is 0 Å². The molecule has 3 rings (SSSR count). The number of para-hydroxylation sites is 1. The number of hydrogen-bond acceptors (Lipinski definition) is 5. The molecular formula is C13H12N4O.